The molecule has 0 aromatic heterocycles. The Balaban J connectivity index is 1.67. The number of nitrogens with zero attached hydrogens (tertiary/aromatic N) is 4. The maximum Gasteiger partial charge on any atom is 0.234 e. The topological polar surface area (TPSA) is 72.4 Å². The van der Waals surface area contributed by atoms with Crippen LogP contribution in [0.4, 0.5) is 0 Å². The summed E-state index contributed by atoms with van der Waals surface area (Å²) in [4.78, 5) is 23.3. The van der Waals surface area contributed by atoms with E-state index in [1.807, 2.05) is 7.05 Å². The summed E-state index contributed by atoms with van der Waals surface area (Å²) < 4.78 is 4.95. The number of guanidine groups is 1. The molecule has 8 nitrogen and oxygen atoms in total. The number of hydrogen-bond acceptors (Lipinski definition) is 5. The minimum Gasteiger partial charge on any atom is -0.383 e. The molecule has 8 heteroatoms. The number of carbonyl (C=O) groups is 1. The first-order valence-corrected chi connectivity index (χ1v) is 9.74. The molecule has 2 heterocycles. The van der Waals surface area contributed by atoms with E-state index in [0.717, 1.165) is 45.2 Å². The Morgan fingerprint density at radius 3 is 2.62 bits per heavy atom. The molecule has 2 N–H and O–H groups in total. The predicted octanol–water partition coefficient (Wildman–Crippen LogP) is -0.716. The Morgan fingerprint density at radius 1 is 1.19 bits per heavy atom. The molecule has 0 bridgehead atoms. The van der Waals surface area contributed by atoms with Crippen LogP contribution in [0.3, 0.4) is 0 Å². The summed E-state index contributed by atoms with van der Waals surface area (Å²) in [5, 5.41) is 6.43. The molecule has 2 rings (SSSR count). The number of rotatable bonds is 7. The summed E-state index contributed by atoms with van der Waals surface area (Å²) in [6, 6.07) is 0. The van der Waals surface area contributed by atoms with Crippen LogP contribution in [0.1, 0.15) is 12.8 Å². The number of aliphatic imine (C=N–C) groups is 1. The number of carbonyl (C=O) groups excluding carboxylic acids is 1. The van der Waals surface area contributed by atoms with Crippen molar-refractivity contribution in [2.45, 2.75) is 12.8 Å². The highest BCUT2D eigenvalue weighted by Crippen LogP contribution is 2.14. The second kappa shape index (κ2) is 11.4. The fourth-order valence-corrected chi connectivity index (χ4v) is 3.68. The Bertz CT molecular complexity index is 451. The van der Waals surface area contributed by atoms with Gasteiger partial charge in [0.05, 0.1) is 13.2 Å². The molecule has 1 amide bonds. The van der Waals surface area contributed by atoms with Gasteiger partial charge in [-0.15, -0.1) is 0 Å². The van der Waals surface area contributed by atoms with Crippen LogP contribution >= 0.6 is 0 Å². The number of ether oxygens (including phenoxy) is 1. The summed E-state index contributed by atoms with van der Waals surface area (Å²) in [5.74, 6) is 1.75. The number of likely N-dealkylation sites (tertiary alicyclic amines) is 1. The van der Waals surface area contributed by atoms with Crippen LogP contribution in [0.5, 0.6) is 0 Å². The summed E-state index contributed by atoms with van der Waals surface area (Å²) >= 11 is 0. The van der Waals surface area contributed by atoms with Gasteiger partial charge in [0.15, 0.2) is 5.96 Å². The average Bonchev–Trinajstić information content (AvgIpc) is 2.64. The van der Waals surface area contributed by atoms with Crippen molar-refractivity contribution in [1.82, 2.24) is 25.3 Å². The van der Waals surface area contributed by atoms with E-state index in [1.54, 1.807) is 7.11 Å². The van der Waals surface area contributed by atoms with Gasteiger partial charge in [0.1, 0.15) is 0 Å². The molecule has 0 aromatic rings. The molecule has 0 aliphatic carbocycles. The third-order valence-corrected chi connectivity index (χ3v) is 5.15. The lowest BCUT2D eigenvalue weighted by Crippen LogP contribution is -2.54. The van der Waals surface area contributed by atoms with E-state index in [-0.39, 0.29) is 5.91 Å². The molecule has 26 heavy (non-hydrogen) atoms. The molecule has 0 spiro atoms. The van der Waals surface area contributed by atoms with E-state index in [4.69, 9.17) is 4.74 Å². The number of amides is 1. The van der Waals surface area contributed by atoms with Crippen LogP contribution in [0, 0.1) is 5.92 Å². The largest absolute Gasteiger partial charge is 0.383 e. The first kappa shape index (κ1) is 20.9. The van der Waals surface area contributed by atoms with Gasteiger partial charge in [-0.1, -0.05) is 0 Å². The van der Waals surface area contributed by atoms with E-state index in [9.17, 15) is 4.79 Å². The van der Waals surface area contributed by atoms with Gasteiger partial charge in [0.2, 0.25) is 5.91 Å². The molecule has 2 aliphatic rings. The SMILES string of the molecule is CN=C(NCC1CCCN(C)C1)N1CCN(CC(=O)NCCOC)CC1. The van der Waals surface area contributed by atoms with Crippen molar-refractivity contribution in [3.63, 3.8) is 0 Å². The summed E-state index contributed by atoms with van der Waals surface area (Å²) in [5.41, 5.74) is 0. The van der Waals surface area contributed by atoms with Gasteiger partial charge >= 0.3 is 0 Å². The molecule has 0 saturated carbocycles. The zero-order valence-electron chi connectivity index (χ0n) is 16.7. The van der Waals surface area contributed by atoms with Gasteiger partial charge in [0, 0.05) is 60.0 Å². The van der Waals surface area contributed by atoms with Gasteiger partial charge in [-0.05, 0) is 32.4 Å². The zero-order chi connectivity index (χ0) is 18.8. The van der Waals surface area contributed by atoms with E-state index >= 15 is 0 Å². The van der Waals surface area contributed by atoms with Crippen molar-refractivity contribution in [2.75, 3.05) is 86.7 Å². The van der Waals surface area contributed by atoms with Gasteiger partial charge in [0.25, 0.3) is 0 Å². The first-order chi connectivity index (χ1) is 12.6. The zero-order valence-corrected chi connectivity index (χ0v) is 16.7. The van der Waals surface area contributed by atoms with Gasteiger partial charge in [-0.25, -0.2) is 0 Å². The fourth-order valence-electron chi connectivity index (χ4n) is 3.68. The molecule has 1 atom stereocenters. The predicted molar refractivity (Wildman–Crippen MR) is 104 cm³/mol. The van der Waals surface area contributed by atoms with Crippen molar-refractivity contribution in [3.05, 3.63) is 0 Å². The smallest absolute Gasteiger partial charge is 0.234 e. The third-order valence-electron chi connectivity index (χ3n) is 5.15. The molecule has 150 valence electrons. The standard InChI is InChI=1S/C18H36N6O2/c1-19-18(21-13-16-5-4-7-22(2)14-16)24-10-8-23(9-11-24)15-17(25)20-6-12-26-3/h16H,4-15H2,1-3H3,(H,19,21)(H,20,25). The summed E-state index contributed by atoms with van der Waals surface area (Å²) in [6.45, 7) is 8.50. The van der Waals surface area contributed by atoms with E-state index in [1.165, 1.54) is 19.4 Å². The molecule has 2 saturated heterocycles. The number of hydrogen-bond donors (Lipinski definition) is 2. The normalized spacial score (nSPS) is 23.1. The average molecular weight is 369 g/mol. The van der Waals surface area contributed by atoms with Gasteiger partial charge in [-0.2, -0.15) is 0 Å². The number of nitrogens with one attached hydrogen (secondary N) is 2. The fraction of sp³-hybridized carbons (Fsp3) is 0.889. The first-order valence-electron chi connectivity index (χ1n) is 9.74. The minimum absolute atomic E-state index is 0.0689. The van der Waals surface area contributed by atoms with Crippen LogP contribution in [0.25, 0.3) is 0 Å². The molecular formula is C18H36N6O2. The number of methoxy groups -OCH3 is 1. The third kappa shape index (κ3) is 7.09. The summed E-state index contributed by atoms with van der Waals surface area (Å²) in [6.07, 6.45) is 2.58. The maximum absolute atomic E-state index is 11.9. The number of piperidine rings is 1. The maximum atomic E-state index is 11.9. The Morgan fingerprint density at radius 2 is 1.96 bits per heavy atom. The molecular weight excluding hydrogens is 332 g/mol. The highest BCUT2D eigenvalue weighted by atomic mass is 16.5. The van der Waals surface area contributed by atoms with Crippen LogP contribution in [-0.2, 0) is 9.53 Å². The Hall–Kier alpha value is -1.38. The lowest BCUT2D eigenvalue weighted by molar-refractivity contribution is -0.122. The monoisotopic (exact) mass is 368 g/mol. The van der Waals surface area contributed by atoms with Crippen LogP contribution in [0.15, 0.2) is 4.99 Å². The van der Waals surface area contributed by atoms with Crippen molar-refractivity contribution in [3.8, 4) is 0 Å². The van der Waals surface area contributed by atoms with E-state index in [2.05, 4.69) is 37.4 Å². The molecule has 2 aliphatic heterocycles. The van der Waals surface area contributed by atoms with Crippen LogP contribution < -0.4 is 10.6 Å². The van der Waals surface area contributed by atoms with Crippen molar-refractivity contribution < 1.29 is 9.53 Å². The molecule has 0 aromatic carbocycles. The van der Waals surface area contributed by atoms with E-state index in [0.29, 0.717) is 25.6 Å². The minimum atomic E-state index is 0.0689. The highest BCUT2D eigenvalue weighted by Gasteiger charge is 2.22. The lowest BCUT2D eigenvalue weighted by atomic mass is 9.98. The van der Waals surface area contributed by atoms with Crippen LogP contribution in [-0.4, -0.2) is 113 Å². The molecule has 0 radical (unpaired) electrons. The van der Waals surface area contributed by atoms with Crippen molar-refractivity contribution >= 4 is 11.9 Å². The number of piperazine rings is 1. The van der Waals surface area contributed by atoms with Gasteiger partial charge in [-0.3, -0.25) is 14.7 Å². The van der Waals surface area contributed by atoms with E-state index < -0.39 is 0 Å². The molecule has 1 unspecified atom stereocenters. The van der Waals surface area contributed by atoms with Crippen LogP contribution in [0.2, 0.25) is 0 Å². The Labute approximate surface area is 157 Å². The molecule has 2 fully saturated rings. The second-order valence-corrected chi connectivity index (χ2v) is 7.30. The van der Waals surface area contributed by atoms with Crippen molar-refractivity contribution in [1.29, 1.82) is 0 Å². The second-order valence-electron chi connectivity index (χ2n) is 7.30. The Kier molecular flexibility index (Phi) is 9.14. The highest BCUT2D eigenvalue weighted by molar-refractivity contribution is 5.80. The van der Waals surface area contributed by atoms with Gasteiger partial charge < -0.3 is 25.2 Å². The lowest BCUT2D eigenvalue weighted by Gasteiger charge is -2.37. The quantitative estimate of drug-likeness (QED) is 0.351. The summed E-state index contributed by atoms with van der Waals surface area (Å²) in [7, 11) is 5.69. The van der Waals surface area contributed by atoms with Crippen molar-refractivity contribution in [2.24, 2.45) is 10.9 Å².